The van der Waals surface area contributed by atoms with Crippen molar-refractivity contribution in [3.63, 3.8) is 0 Å². The molecule has 27 heavy (non-hydrogen) atoms. The predicted octanol–water partition coefficient (Wildman–Crippen LogP) is 2.86. The smallest absolute Gasteiger partial charge is 0.341 e. The molecule has 0 fully saturated rings. The largest absolute Gasteiger partial charge is 0.449 e. The van der Waals surface area contributed by atoms with Crippen LogP contribution >= 0.6 is 0 Å². The number of sulfonamides is 1. The number of amides is 1. The molecule has 0 bridgehead atoms. The van der Waals surface area contributed by atoms with Gasteiger partial charge in [-0.3, -0.25) is 9.52 Å². The lowest BCUT2D eigenvalue weighted by Gasteiger charge is -2.16. The van der Waals surface area contributed by atoms with Gasteiger partial charge in [-0.1, -0.05) is 24.3 Å². The van der Waals surface area contributed by atoms with Crippen LogP contribution in [0.4, 0.5) is 11.4 Å². The maximum atomic E-state index is 12.4. The lowest BCUT2D eigenvalue weighted by atomic mass is 10.1. The van der Waals surface area contributed by atoms with E-state index in [0.29, 0.717) is 5.69 Å². The molecule has 0 saturated heterocycles. The molecule has 0 heterocycles. The van der Waals surface area contributed by atoms with Crippen LogP contribution in [0.1, 0.15) is 28.4 Å². The highest BCUT2D eigenvalue weighted by Crippen LogP contribution is 2.19. The molecule has 0 aliphatic heterocycles. The van der Waals surface area contributed by atoms with Crippen LogP contribution in [0.2, 0.25) is 0 Å². The fraction of sp³-hybridized carbons (Fsp3) is 0.263. The topological polar surface area (TPSA) is 102 Å². The van der Waals surface area contributed by atoms with Gasteiger partial charge in [-0.15, -0.1) is 0 Å². The summed E-state index contributed by atoms with van der Waals surface area (Å²) in [6.45, 7) is 5.22. The normalized spacial score (nSPS) is 12.1. The van der Waals surface area contributed by atoms with Crippen LogP contribution in [0.5, 0.6) is 0 Å². The van der Waals surface area contributed by atoms with E-state index in [9.17, 15) is 18.0 Å². The Hall–Kier alpha value is -2.87. The molecule has 0 unspecified atom stereocenters. The van der Waals surface area contributed by atoms with Gasteiger partial charge in [-0.2, -0.15) is 0 Å². The lowest BCUT2D eigenvalue weighted by molar-refractivity contribution is -0.123. The van der Waals surface area contributed by atoms with Gasteiger partial charge in [-0.25, -0.2) is 13.2 Å². The summed E-state index contributed by atoms with van der Waals surface area (Å²) in [4.78, 5) is 24.8. The van der Waals surface area contributed by atoms with Gasteiger partial charge in [0.1, 0.15) is 0 Å². The number of hydrogen-bond acceptors (Lipinski definition) is 5. The Bertz CT molecular complexity index is 970. The number of hydrogen-bond donors (Lipinski definition) is 2. The number of para-hydroxylation sites is 1. The highest BCUT2D eigenvalue weighted by molar-refractivity contribution is 7.92. The van der Waals surface area contributed by atoms with Crippen LogP contribution in [-0.2, 0) is 19.6 Å². The summed E-state index contributed by atoms with van der Waals surface area (Å²) in [5.41, 5.74) is 2.62. The SMILES string of the molecule is Cc1ccc(C)c(NC(=O)[C@H](C)OC(=O)c2ccccc2NS(C)(=O)=O)c1. The number of anilines is 2. The number of esters is 1. The zero-order chi connectivity index (χ0) is 20.2. The number of nitrogens with one attached hydrogen (secondary N) is 2. The molecule has 0 spiro atoms. The first-order chi connectivity index (χ1) is 12.6. The van der Waals surface area contributed by atoms with Gasteiger partial charge < -0.3 is 10.1 Å². The van der Waals surface area contributed by atoms with Gasteiger partial charge >= 0.3 is 5.97 Å². The summed E-state index contributed by atoms with van der Waals surface area (Å²) in [7, 11) is -3.56. The summed E-state index contributed by atoms with van der Waals surface area (Å²) in [6.07, 6.45) is -0.0845. The lowest BCUT2D eigenvalue weighted by Crippen LogP contribution is -2.30. The monoisotopic (exact) mass is 390 g/mol. The van der Waals surface area contributed by atoms with E-state index >= 15 is 0 Å². The second-order valence-corrected chi connectivity index (χ2v) is 8.02. The van der Waals surface area contributed by atoms with Crippen LogP contribution in [0.15, 0.2) is 42.5 Å². The summed E-state index contributed by atoms with van der Waals surface area (Å²) in [5.74, 6) is -1.28. The second-order valence-electron chi connectivity index (χ2n) is 6.27. The van der Waals surface area contributed by atoms with E-state index in [1.54, 1.807) is 12.1 Å². The fourth-order valence-corrected chi connectivity index (χ4v) is 2.91. The highest BCUT2D eigenvalue weighted by Gasteiger charge is 2.22. The van der Waals surface area contributed by atoms with Crippen LogP contribution < -0.4 is 10.0 Å². The third-order valence-electron chi connectivity index (χ3n) is 3.75. The molecule has 0 saturated carbocycles. The maximum Gasteiger partial charge on any atom is 0.341 e. The Kier molecular flexibility index (Phi) is 6.22. The van der Waals surface area contributed by atoms with Crippen molar-refractivity contribution in [1.82, 2.24) is 0 Å². The van der Waals surface area contributed by atoms with Crippen molar-refractivity contribution in [3.8, 4) is 0 Å². The van der Waals surface area contributed by atoms with E-state index in [2.05, 4.69) is 10.0 Å². The molecular weight excluding hydrogens is 368 g/mol. The van der Waals surface area contributed by atoms with E-state index in [4.69, 9.17) is 4.74 Å². The molecule has 7 nitrogen and oxygen atoms in total. The van der Waals surface area contributed by atoms with Crippen LogP contribution in [0.25, 0.3) is 0 Å². The first-order valence-electron chi connectivity index (χ1n) is 8.23. The molecule has 144 valence electrons. The average Bonchev–Trinajstić information content (AvgIpc) is 2.57. The van der Waals surface area contributed by atoms with Crippen LogP contribution in [0, 0.1) is 13.8 Å². The first kappa shape index (κ1) is 20.4. The molecule has 8 heteroatoms. The summed E-state index contributed by atoms with van der Waals surface area (Å²) in [6, 6.07) is 11.7. The molecule has 0 radical (unpaired) electrons. The van der Waals surface area contributed by atoms with Gasteiger partial charge in [0.05, 0.1) is 17.5 Å². The molecular formula is C19H22N2O5S. The number of carbonyl (C=O) groups excluding carboxylic acids is 2. The summed E-state index contributed by atoms with van der Waals surface area (Å²) < 4.78 is 30.3. The van der Waals surface area contributed by atoms with E-state index in [1.807, 2.05) is 32.0 Å². The third kappa shape index (κ3) is 5.82. The number of benzene rings is 2. The van der Waals surface area contributed by atoms with Crippen molar-refractivity contribution in [3.05, 3.63) is 59.2 Å². The van der Waals surface area contributed by atoms with Crippen LogP contribution in [-0.4, -0.2) is 32.7 Å². The Morgan fingerprint density at radius 3 is 2.37 bits per heavy atom. The summed E-state index contributed by atoms with van der Waals surface area (Å²) in [5, 5.41) is 2.73. The first-order valence-corrected chi connectivity index (χ1v) is 10.1. The fourth-order valence-electron chi connectivity index (χ4n) is 2.33. The van der Waals surface area contributed by atoms with E-state index in [-0.39, 0.29) is 11.3 Å². The van der Waals surface area contributed by atoms with Crippen molar-refractivity contribution >= 4 is 33.3 Å². The van der Waals surface area contributed by atoms with E-state index < -0.39 is 28.0 Å². The number of rotatable bonds is 6. The Balaban J connectivity index is 2.11. The third-order valence-corrected chi connectivity index (χ3v) is 4.34. The second kappa shape index (κ2) is 8.22. The van der Waals surface area contributed by atoms with Gasteiger partial charge in [-0.05, 0) is 50.1 Å². The average molecular weight is 390 g/mol. The predicted molar refractivity (Wildman–Crippen MR) is 104 cm³/mol. The quantitative estimate of drug-likeness (QED) is 0.739. The van der Waals surface area contributed by atoms with Gasteiger partial charge in [0.25, 0.3) is 5.91 Å². The van der Waals surface area contributed by atoms with E-state index in [0.717, 1.165) is 17.4 Å². The molecule has 2 N–H and O–H groups in total. The number of aryl methyl sites for hydroxylation is 2. The minimum absolute atomic E-state index is 0.0225. The molecule has 2 aromatic carbocycles. The Labute approximate surface area is 158 Å². The molecule has 0 aliphatic carbocycles. The number of ether oxygens (including phenoxy) is 1. The highest BCUT2D eigenvalue weighted by atomic mass is 32.2. The standard InChI is InChI=1S/C19H22N2O5S/c1-12-9-10-13(2)17(11-12)20-18(22)14(3)26-19(23)15-7-5-6-8-16(15)21-27(4,24)25/h5-11,14,21H,1-4H3,(H,20,22)/t14-/m0/s1. The van der Waals surface area contributed by atoms with Crippen molar-refractivity contribution in [2.45, 2.75) is 26.9 Å². The Morgan fingerprint density at radius 1 is 1.04 bits per heavy atom. The molecule has 2 rings (SSSR count). The van der Waals surface area contributed by atoms with Crippen molar-refractivity contribution in [2.75, 3.05) is 16.3 Å². The van der Waals surface area contributed by atoms with Crippen molar-refractivity contribution in [1.29, 1.82) is 0 Å². The minimum atomic E-state index is -3.56. The molecule has 0 aliphatic rings. The maximum absolute atomic E-state index is 12.4. The van der Waals surface area contributed by atoms with Gasteiger partial charge in [0, 0.05) is 5.69 Å². The molecule has 1 amide bonds. The zero-order valence-electron chi connectivity index (χ0n) is 15.6. The van der Waals surface area contributed by atoms with E-state index in [1.165, 1.54) is 19.1 Å². The summed E-state index contributed by atoms with van der Waals surface area (Å²) >= 11 is 0. The number of carbonyl (C=O) groups is 2. The molecule has 0 aromatic heterocycles. The van der Waals surface area contributed by atoms with Crippen LogP contribution in [0.3, 0.4) is 0 Å². The zero-order valence-corrected chi connectivity index (χ0v) is 16.4. The Morgan fingerprint density at radius 2 is 1.70 bits per heavy atom. The van der Waals surface area contributed by atoms with Gasteiger partial charge in [0.2, 0.25) is 10.0 Å². The van der Waals surface area contributed by atoms with Gasteiger partial charge in [0.15, 0.2) is 6.10 Å². The van der Waals surface area contributed by atoms with Crippen molar-refractivity contribution < 1.29 is 22.7 Å². The minimum Gasteiger partial charge on any atom is -0.449 e. The van der Waals surface area contributed by atoms with Crippen molar-refractivity contribution in [2.24, 2.45) is 0 Å². The molecule has 1 atom stereocenters. The molecule has 2 aromatic rings.